The van der Waals surface area contributed by atoms with Gasteiger partial charge in [0.1, 0.15) is 11.5 Å². The summed E-state index contributed by atoms with van der Waals surface area (Å²) in [6, 6.07) is 25.9. The van der Waals surface area contributed by atoms with Gasteiger partial charge in [0.15, 0.2) is 0 Å². The van der Waals surface area contributed by atoms with Crippen molar-refractivity contribution in [1.29, 1.82) is 0 Å². The first-order valence-corrected chi connectivity index (χ1v) is 12.0. The van der Waals surface area contributed by atoms with Crippen molar-refractivity contribution in [3.8, 4) is 11.3 Å². The number of amides is 1. The van der Waals surface area contributed by atoms with E-state index in [2.05, 4.69) is 0 Å². The van der Waals surface area contributed by atoms with Crippen molar-refractivity contribution in [2.24, 2.45) is 0 Å². The summed E-state index contributed by atoms with van der Waals surface area (Å²) >= 11 is 0. The van der Waals surface area contributed by atoms with E-state index in [4.69, 9.17) is 9.15 Å². The van der Waals surface area contributed by atoms with E-state index in [1.54, 1.807) is 67.6 Å². The standard InChI is InChI=1S/C31H23NO6/c1-2-37-31(36)23-10-8-21(9-11-23)28-17-16-26(38-28)18-24-19-27(20-6-4-3-5-7-20)32(29(24)33)25-14-12-22(13-15-25)30(34)35/h3-19H,2H2,1H3,(H,34,35)/p-1/b24-18-. The molecule has 4 aromatic rings. The van der Waals surface area contributed by atoms with Gasteiger partial charge in [0.05, 0.1) is 23.8 Å². The predicted octanol–water partition coefficient (Wildman–Crippen LogP) is 4.96. The molecule has 1 amide bonds. The van der Waals surface area contributed by atoms with Crippen LogP contribution in [0.2, 0.25) is 0 Å². The minimum Gasteiger partial charge on any atom is -0.545 e. The highest BCUT2D eigenvalue weighted by molar-refractivity contribution is 6.23. The van der Waals surface area contributed by atoms with E-state index in [-0.39, 0.29) is 17.4 Å². The average molecular weight is 505 g/mol. The number of ether oxygens (including phenoxy) is 1. The fourth-order valence-electron chi connectivity index (χ4n) is 4.16. The Morgan fingerprint density at radius 1 is 0.868 bits per heavy atom. The van der Waals surface area contributed by atoms with Crippen LogP contribution in [0.5, 0.6) is 0 Å². The highest BCUT2D eigenvalue weighted by atomic mass is 16.5. The maximum absolute atomic E-state index is 13.5. The number of furan rings is 1. The Morgan fingerprint density at radius 3 is 2.21 bits per heavy atom. The van der Waals surface area contributed by atoms with E-state index in [1.165, 1.54) is 17.0 Å². The number of aromatic carboxylic acids is 1. The van der Waals surface area contributed by atoms with Gasteiger partial charge in [0, 0.05) is 16.8 Å². The fourth-order valence-corrected chi connectivity index (χ4v) is 4.16. The lowest BCUT2D eigenvalue weighted by atomic mass is 10.1. The Labute approximate surface area is 218 Å². The Balaban J connectivity index is 1.46. The van der Waals surface area contributed by atoms with Crippen LogP contribution in [0.4, 0.5) is 5.69 Å². The summed E-state index contributed by atoms with van der Waals surface area (Å²) in [5.74, 6) is -0.881. The number of benzene rings is 3. The van der Waals surface area contributed by atoms with E-state index >= 15 is 0 Å². The Morgan fingerprint density at radius 2 is 1.55 bits per heavy atom. The Kier molecular flexibility index (Phi) is 6.74. The van der Waals surface area contributed by atoms with Gasteiger partial charge in [-0.3, -0.25) is 9.69 Å². The molecular formula is C31H22NO6-. The largest absolute Gasteiger partial charge is 0.545 e. The molecule has 7 nitrogen and oxygen atoms in total. The van der Waals surface area contributed by atoms with E-state index in [0.29, 0.717) is 40.6 Å². The first-order chi connectivity index (χ1) is 18.4. The molecule has 0 aliphatic carbocycles. The van der Waals surface area contributed by atoms with Crippen molar-refractivity contribution in [3.63, 3.8) is 0 Å². The second-order valence-electron chi connectivity index (χ2n) is 8.47. The highest BCUT2D eigenvalue weighted by Crippen LogP contribution is 2.36. The first kappa shape index (κ1) is 24.5. The van der Waals surface area contributed by atoms with E-state index in [9.17, 15) is 19.5 Å². The summed E-state index contributed by atoms with van der Waals surface area (Å²) in [6.07, 6.45) is 3.44. The third-order valence-electron chi connectivity index (χ3n) is 6.02. The quantitative estimate of drug-likeness (QED) is 0.261. The molecule has 2 heterocycles. The molecule has 0 radical (unpaired) electrons. The molecule has 0 spiro atoms. The van der Waals surface area contributed by atoms with Crippen molar-refractivity contribution >= 4 is 35.3 Å². The van der Waals surface area contributed by atoms with Crippen molar-refractivity contribution in [1.82, 2.24) is 0 Å². The SMILES string of the molecule is CCOC(=O)c1ccc(-c2ccc(/C=C3/C=C(c4ccccc4)N(c4ccc(C(=O)[O-])cc4)C3=O)o2)cc1. The van der Waals surface area contributed by atoms with Crippen molar-refractivity contribution in [2.75, 3.05) is 11.5 Å². The third-order valence-corrected chi connectivity index (χ3v) is 6.02. The van der Waals surface area contributed by atoms with Gasteiger partial charge in [-0.15, -0.1) is 0 Å². The van der Waals surface area contributed by atoms with Gasteiger partial charge in [0.2, 0.25) is 0 Å². The van der Waals surface area contributed by atoms with Crippen LogP contribution < -0.4 is 10.0 Å². The number of carbonyl (C=O) groups is 3. The van der Waals surface area contributed by atoms with Gasteiger partial charge in [-0.25, -0.2) is 4.79 Å². The lowest BCUT2D eigenvalue weighted by Crippen LogP contribution is -2.25. The number of rotatable bonds is 7. The summed E-state index contributed by atoms with van der Waals surface area (Å²) < 4.78 is 11.0. The van der Waals surface area contributed by atoms with E-state index < -0.39 is 5.97 Å². The molecule has 0 N–H and O–H groups in total. The fraction of sp³-hybridized carbons (Fsp3) is 0.0645. The number of carboxylic acid groups (broad SMARTS) is 1. The van der Waals surface area contributed by atoms with Gasteiger partial charge < -0.3 is 19.1 Å². The summed E-state index contributed by atoms with van der Waals surface area (Å²) in [7, 11) is 0. The predicted molar refractivity (Wildman–Crippen MR) is 141 cm³/mol. The molecule has 38 heavy (non-hydrogen) atoms. The monoisotopic (exact) mass is 504 g/mol. The van der Waals surface area contributed by atoms with E-state index in [1.807, 2.05) is 30.3 Å². The smallest absolute Gasteiger partial charge is 0.338 e. The zero-order chi connectivity index (χ0) is 26.6. The van der Waals surface area contributed by atoms with Crippen LogP contribution in [-0.4, -0.2) is 24.5 Å². The molecule has 1 aliphatic heterocycles. The minimum absolute atomic E-state index is 0.0276. The van der Waals surface area contributed by atoms with E-state index in [0.717, 1.165) is 11.1 Å². The van der Waals surface area contributed by atoms with Gasteiger partial charge in [-0.1, -0.05) is 54.6 Å². The molecule has 0 bridgehead atoms. The molecule has 0 unspecified atom stereocenters. The van der Waals surface area contributed by atoms with Crippen LogP contribution in [0.1, 0.15) is 39.0 Å². The van der Waals surface area contributed by atoms with Gasteiger partial charge in [-0.2, -0.15) is 0 Å². The van der Waals surface area contributed by atoms with Crippen LogP contribution in [0.15, 0.2) is 107 Å². The Bertz CT molecular complexity index is 1560. The average Bonchev–Trinajstić information content (AvgIpc) is 3.54. The minimum atomic E-state index is -1.28. The van der Waals surface area contributed by atoms with Crippen molar-refractivity contribution < 1.29 is 28.6 Å². The molecular weight excluding hydrogens is 482 g/mol. The zero-order valence-electron chi connectivity index (χ0n) is 20.4. The van der Waals surface area contributed by atoms with Gasteiger partial charge >= 0.3 is 5.97 Å². The highest BCUT2D eigenvalue weighted by Gasteiger charge is 2.30. The van der Waals surface area contributed by atoms with Crippen LogP contribution >= 0.6 is 0 Å². The topological polar surface area (TPSA) is 99.9 Å². The molecule has 188 valence electrons. The van der Waals surface area contributed by atoms with Gasteiger partial charge in [0.25, 0.3) is 5.91 Å². The number of carbonyl (C=O) groups excluding carboxylic acids is 3. The van der Waals surface area contributed by atoms with Crippen LogP contribution in [0.3, 0.4) is 0 Å². The summed E-state index contributed by atoms with van der Waals surface area (Å²) in [6.45, 7) is 2.06. The molecule has 0 saturated carbocycles. The summed E-state index contributed by atoms with van der Waals surface area (Å²) in [5.41, 5.74) is 3.67. The first-order valence-electron chi connectivity index (χ1n) is 12.0. The van der Waals surface area contributed by atoms with Crippen LogP contribution in [-0.2, 0) is 9.53 Å². The molecule has 0 atom stereocenters. The van der Waals surface area contributed by atoms with Crippen molar-refractivity contribution in [3.05, 3.63) is 125 Å². The van der Waals surface area contributed by atoms with Gasteiger partial charge in [-0.05, 0) is 66.6 Å². The van der Waals surface area contributed by atoms with Crippen molar-refractivity contribution in [2.45, 2.75) is 6.92 Å². The maximum Gasteiger partial charge on any atom is 0.338 e. The lowest BCUT2D eigenvalue weighted by molar-refractivity contribution is -0.255. The molecule has 0 fully saturated rings. The number of carboxylic acids is 1. The molecule has 7 heteroatoms. The summed E-state index contributed by atoms with van der Waals surface area (Å²) in [5, 5.41) is 11.2. The number of anilines is 1. The lowest BCUT2D eigenvalue weighted by Gasteiger charge is -2.21. The zero-order valence-corrected chi connectivity index (χ0v) is 20.4. The third kappa shape index (κ3) is 4.90. The molecule has 3 aromatic carbocycles. The number of hydrogen-bond donors (Lipinski definition) is 0. The number of nitrogens with zero attached hydrogens (tertiary/aromatic N) is 1. The van der Waals surface area contributed by atoms with Crippen LogP contribution in [0.25, 0.3) is 23.1 Å². The normalized spacial score (nSPS) is 14.0. The second-order valence-corrected chi connectivity index (χ2v) is 8.47. The molecule has 1 aromatic heterocycles. The molecule has 1 aliphatic rings. The molecule has 0 saturated heterocycles. The number of hydrogen-bond acceptors (Lipinski definition) is 6. The summed E-state index contributed by atoms with van der Waals surface area (Å²) in [4.78, 5) is 38.2. The Hall–Kier alpha value is -5.17. The van der Waals surface area contributed by atoms with Crippen LogP contribution in [0, 0.1) is 0 Å². The maximum atomic E-state index is 13.5. The molecule has 5 rings (SSSR count). The number of esters is 1. The second kappa shape index (κ2) is 10.4.